The molecule has 0 saturated carbocycles. The topological polar surface area (TPSA) is 69.6 Å². The first-order valence-electron chi connectivity index (χ1n) is 23.5. The molecule has 2 unspecified atom stereocenters. The molecule has 0 saturated heterocycles. The van der Waals surface area contributed by atoms with Gasteiger partial charge in [-0.05, 0) is 70.6 Å². The second-order valence-electron chi connectivity index (χ2n) is 15.4. The van der Waals surface area contributed by atoms with E-state index in [2.05, 4.69) is 104 Å². The smallest absolute Gasteiger partial charge is 0.220 e. The Bertz CT molecular complexity index is 1060. The van der Waals surface area contributed by atoms with Crippen molar-refractivity contribution in [2.75, 3.05) is 6.61 Å². The lowest BCUT2D eigenvalue weighted by Crippen LogP contribution is -2.45. The Kier molecular flexibility index (Phi) is 44.4. The number of nitrogens with one attached hydrogen (secondary N) is 1. The van der Waals surface area contributed by atoms with Crippen molar-refractivity contribution in [1.29, 1.82) is 0 Å². The highest BCUT2D eigenvalue weighted by atomic mass is 16.3. The van der Waals surface area contributed by atoms with Gasteiger partial charge in [-0.2, -0.15) is 0 Å². The van der Waals surface area contributed by atoms with Crippen molar-refractivity contribution >= 4 is 5.91 Å². The number of allylic oxidation sites excluding steroid dienone is 15. The highest BCUT2D eigenvalue weighted by molar-refractivity contribution is 5.76. The van der Waals surface area contributed by atoms with Gasteiger partial charge in [0, 0.05) is 6.42 Å². The molecule has 4 nitrogen and oxygen atoms in total. The molecule has 0 fully saturated rings. The third-order valence-electron chi connectivity index (χ3n) is 10.1. The third kappa shape index (κ3) is 42.5. The fourth-order valence-electron chi connectivity index (χ4n) is 6.52. The lowest BCUT2D eigenvalue weighted by Gasteiger charge is -2.19. The number of unbranched alkanes of at least 4 members (excludes halogenated alkanes) is 20. The molecule has 0 rings (SSSR count). The molecule has 0 aliphatic heterocycles. The minimum absolute atomic E-state index is 0.0780. The number of carbonyl (C=O) groups excluding carboxylic acids is 1. The van der Waals surface area contributed by atoms with Crippen molar-refractivity contribution in [3.63, 3.8) is 0 Å². The van der Waals surface area contributed by atoms with Gasteiger partial charge in [0.25, 0.3) is 0 Å². The Morgan fingerprint density at radius 2 is 0.786 bits per heavy atom. The molecule has 0 radical (unpaired) electrons. The molecule has 0 spiro atoms. The Hall–Kier alpha value is -2.69. The maximum Gasteiger partial charge on any atom is 0.220 e. The second-order valence-corrected chi connectivity index (χ2v) is 15.4. The summed E-state index contributed by atoms with van der Waals surface area (Å²) < 4.78 is 0. The maximum absolute atomic E-state index is 12.2. The summed E-state index contributed by atoms with van der Waals surface area (Å²) in [4.78, 5) is 12.2. The number of aliphatic hydroxyl groups excluding tert-OH is 2. The van der Waals surface area contributed by atoms with Gasteiger partial charge < -0.3 is 15.5 Å². The monoisotopic (exact) mass is 776 g/mol. The van der Waals surface area contributed by atoms with Crippen molar-refractivity contribution in [2.24, 2.45) is 0 Å². The summed E-state index contributed by atoms with van der Waals surface area (Å²) in [5.41, 5.74) is 0. The molecule has 3 N–H and O–H groups in total. The SMILES string of the molecule is CC/C=C\C/C=C\C/C=C\C/C=C\C/C=C\C/C=C\C/C=C\CCCCCCCCCCCCCCCCCCCCCC(=O)NC(CO)C(O)/C=C/CCC. The molecule has 0 bridgehead atoms. The fourth-order valence-corrected chi connectivity index (χ4v) is 6.52. The van der Waals surface area contributed by atoms with Crippen molar-refractivity contribution in [2.45, 2.75) is 219 Å². The van der Waals surface area contributed by atoms with Crippen LogP contribution < -0.4 is 5.32 Å². The lowest BCUT2D eigenvalue weighted by atomic mass is 10.0. The molecule has 0 heterocycles. The van der Waals surface area contributed by atoms with Gasteiger partial charge in [-0.15, -0.1) is 0 Å². The predicted molar refractivity (Wildman–Crippen MR) is 248 cm³/mol. The quantitative estimate of drug-likeness (QED) is 0.0428. The van der Waals surface area contributed by atoms with E-state index in [0.29, 0.717) is 6.42 Å². The van der Waals surface area contributed by atoms with Gasteiger partial charge in [0.05, 0.1) is 18.8 Å². The van der Waals surface area contributed by atoms with Crippen LogP contribution in [0.25, 0.3) is 0 Å². The molecule has 320 valence electrons. The second kappa shape index (κ2) is 46.7. The van der Waals surface area contributed by atoms with Gasteiger partial charge in [0.1, 0.15) is 0 Å². The van der Waals surface area contributed by atoms with Crippen molar-refractivity contribution < 1.29 is 15.0 Å². The molecule has 56 heavy (non-hydrogen) atoms. The van der Waals surface area contributed by atoms with E-state index in [1.54, 1.807) is 6.08 Å². The van der Waals surface area contributed by atoms with Crippen LogP contribution in [-0.2, 0) is 4.79 Å². The van der Waals surface area contributed by atoms with E-state index in [0.717, 1.165) is 70.6 Å². The van der Waals surface area contributed by atoms with Crippen LogP contribution in [0, 0.1) is 0 Å². The Morgan fingerprint density at radius 3 is 1.14 bits per heavy atom. The molecule has 4 heteroatoms. The fraction of sp³-hybridized carbons (Fsp3) is 0.673. The third-order valence-corrected chi connectivity index (χ3v) is 10.1. The molecular formula is C52H89NO3. The predicted octanol–water partition coefficient (Wildman–Crippen LogP) is 15.0. The Balaban J connectivity index is 3.40. The van der Waals surface area contributed by atoms with Crippen molar-refractivity contribution in [3.05, 3.63) is 97.2 Å². The molecule has 0 aliphatic rings. The normalized spacial score (nSPS) is 13.9. The van der Waals surface area contributed by atoms with E-state index >= 15 is 0 Å². The summed E-state index contributed by atoms with van der Waals surface area (Å²) in [7, 11) is 0. The molecule has 0 aliphatic carbocycles. The number of aliphatic hydroxyl groups is 2. The van der Waals surface area contributed by atoms with E-state index in [-0.39, 0.29) is 12.5 Å². The summed E-state index contributed by atoms with van der Waals surface area (Å²) in [5, 5.41) is 22.4. The van der Waals surface area contributed by atoms with Gasteiger partial charge in [-0.25, -0.2) is 0 Å². The first-order chi connectivity index (χ1) is 27.7. The lowest BCUT2D eigenvalue weighted by molar-refractivity contribution is -0.123. The van der Waals surface area contributed by atoms with Crippen molar-refractivity contribution in [1.82, 2.24) is 5.32 Å². The number of hydrogen-bond donors (Lipinski definition) is 3. The van der Waals surface area contributed by atoms with Gasteiger partial charge >= 0.3 is 0 Å². The summed E-state index contributed by atoms with van der Waals surface area (Å²) in [6.07, 6.45) is 70.5. The molecule has 1 amide bonds. The van der Waals surface area contributed by atoms with Gasteiger partial charge in [-0.3, -0.25) is 4.79 Å². The maximum atomic E-state index is 12.2. The molecular weight excluding hydrogens is 687 g/mol. The van der Waals surface area contributed by atoms with Crippen LogP contribution in [0.4, 0.5) is 0 Å². The average molecular weight is 776 g/mol. The summed E-state index contributed by atoms with van der Waals surface area (Å²) in [6, 6.07) is -0.619. The summed E-state index contributed by atoms with van der Waals surface area (Å²) >= 11 is 0. The van der Waals surface area contributed by atoms with Crippen LogP contribution in [-0.4, -0.2) is 34.9 Å². The number of amides is 1. The van der Waals surface area contributed by atoms with E-state index < -0.39 is 12.1 Å². The van der Waals surface area contributed by atoms with Crippen LogP contribution in [0.1, 0.15) is 206 Å². The summed E-state index contributed by atoms with van der Waals surface area (Å²) in [6.45, 7) is 3.99. The van der Waals surface area contributed by atoms with Gasteiger partial charge in [0.15, 0.2) is 0 Å². The standard InChI is InChI=1S/C52H89NO3/c1-3-5-7-8-9-10-11-12-13-14-15-16-17-18-19-20-21-22-23-24-25-26-27-28-29-30-31-32-33-34-35-36-37-38-39-40-41-42-43-44-46-48-52(56)53-50(49-54)51(55)47-45-6-4-2/h5,7,9-10,12-13,15-16,18-19,21-22,24-25,45,47,50-51,54-55H,3-4,6,8,11,14,17,20,23,26-44,46,48-49H2,1-2H3,(H,53,56)/b7-5-,10-9-,13-12-,16-15-,19-18-,22-21-,25-24-,47-45+. The van der Waals surface area contributed by atoms with Crippen molar-refractivity contribution in [3.8, 4) is 0 Å². The Labute approximate surface area is 347 Å². The first-order valence-corrected chi connectivity index (χ1v) is 23.5. The van der Waals surface area contributed by atoms with Crippen LogP contribution >= 0.6 is 0 Å². The number of rotatable bonds is 41. The zero-order valence-corrected chi connectivity index (χ0v) is 36.6. The van der Waals surface area contributed by atoms with Gasteiger partial charge in [0.2, 0.25) is 5.91 Å². The van der Waals surface area contributed by atoms with Crippen LogP contribution in [0.3, 0.4) is 0 Å². The first kappa shape index (κ1) is 53.3. The zero-order valence-electron chi connectivity index (χ0n) is 36.6. The van der Waals surface area contributed by atoms with Crippen LogP contribution in [0.5, 0.6) is 0 Å². The molecule has 0 aromatic rings. The van der Waals surface area contributed by atoms with Crippen LogP contribution in [0.15, 0.2) is 97.2 Å². The number of hydrogen-bond acceptors (Lipinski definition) is 3. The van der Waals surface area contributed by atoms with E-state index in [1.807, 2.05) is 6.08 Å². The molecule has 0 aromatic heterocycles. The average Bonchev–Trinajstić information content (AvgIpc) is 3.20. The highest BCUT2D eigenvalue weighted by Gasteiger charge is 2.17. The van der Waals surface area contributed by atoms with Crippen LogP contribution in [0.2, 0.25) is 0 Å². The summed E-state index contributed by atoms with van der Waals surface area (Å²) in [5.74, 6) is -0.0780. The van der Waals surface area contributed by atoms with E-state index in [9.17, 15) is 15.0 Å². The van der Waals surface area contributed by atoms with E-state index in [1.165, 1.54) is 116 Å². The van der Waals surface area contributed by atoms with E-state index in [4.69, 9.17) is 0 Å². The van der Waals surface area contributed by atoms with Gasteiger partial charge in [-0.1, -0.05) is 227 Å². The Morgan fingerprint density at radius 1 is 0.446 bits per heavy atom. The minimum Gasteiger partial charge on any atom is -0.394 e. The molecule has 0 aromatic carbocycles. The highest BCUT2D eigenvalue weighted by Crippen LogP contribution is 2.15. The molecule has 2 atom stereocenters. The largest absolute Gasteiger partial charge is 0.394 e. The zero-order chi connectivity index (χ0) is 40.7. The minimum atomic E-state index is -0.837. The number of carbonyl (C=O) groups is 1.